The van der Waals surface area contributed by atoms with E-state index < -0.39 is 9.73 Å². The van der Waals surface area contributed by atoms with Crippen molar-refractivity contribution in [3.8, 4) is 0 Å². The Morgan fingerprint density at radius 2 is 2.00 bits per heavy atom. The maximum atomic E-state index is 11.2. The molecule has 4 heteroatoms. The van der Waals surface area contributed by atoms with Gasteiger partial charge in [-0.2, -0.15) is 0 Å². The van der Waals surface area contributed by atoms with Crippen molar-refractivity contribution in [1.29, 1.82) is 4.78 Å². The third-order valence-electron chi connectivity index (χ3n) is 1.34. The summed E-state index contributed by atoms with van der Waals surface area (Å²) >= 11 is 0. The van der Waals surface area contributed by atoms with Gasteiger partial charge >= 0.3 is 0 Å². The minimum atomic E-state index is -2.66. The van der Waals surface area contributed by atoms with E-state index in [9.17, 15) is 4.21 Å². The molecule has 3 nitrogen and oxygen atoms in total. The van der Waals surface area contributed by atoms with Gasteiger partial charge < -0.3 is 5.73 Å². The van der Waals surface area contributed by atoms with Gasteiger partial charge in [0.25, 0.3) is 0 Å². The van der Waals surface area contributed by atoms with E-state index in [1.165, 1.54) is 6.26 Å². The Kier molecular flexibility index (Phi) is 1.87. The van der Waals surface area contributed by atoms with E-state index in [0.29, 0.717) is 10.6 Å². The largest absolute Gasteiger partial charge is 0.398 e. The minimum Gasteiger partial charge on any atom is -0.398 e. The van der Waals surface area contributed by atoms with Gasteiger partial charge in [0.15, 0.2) is 0 Å². The smallest absolute Gasteiger partial charge is 0.0717 e. The molecule has 3 N–H and O–H groups in total. The average molecular weight is 170 g/mol. The molecule has 0 bridgehead atoms. The predicted molar refractivity (Wildman–Crippen MR) is 45.9 cm³/mol. The van der Waals surface area contributed by atoms with Crippen molar-refractivity contribution < 1.29 is 4.21 Å². The zero-order chi connectivity index (χ0) is 8.48. The van der Waals surface area contributed by atoms with Crippen molar-refractivity contribution >= 4 is 15.4 Å². The van der Waals surface area contributed by atoms with E-state index in [1.807, 2.05) is 0 Å². The zero-order valence-corrected chi connectivity index (χ0v) is 7.02. The van der Waals surface area contributed by atoms with E-state index in [4.69, 9.17) is 10.5 Å². The van der Waals surface area contributed by atoms with Crippen molar-refractivity contribution in [2.24, 2.45) is 0 Å². The number of nitrogen functional groups attached to an aromatic ring is 1. The van der Waals surface area contributed by atoms with Gasteiger partial charge in [-0.15, -0.1) is 0 Å². The van der Waals surface area contributed by atoms with Crippen LogP contribution in [0.3, 0.4) is 0 Å². The quantitative estimate of drug-likeness (QED) is 0.624. The molecule has 0 aliphatic heterocycles. The van der Waals surface area contributed by atoms with Crippen molar-refractivity contribution in [2.45, 2.75) is 4.90 Å². The molecule has 1 atom stereocenters. The summed E-state index contributed by atoms with van der Waals surface area (Å²) in [5.74, 6) is 0. The molecule has 0 aromatic heterocycles. The van der Waals surface area contributed by atoms with E-state index >= 15 is 0 Å². The highest BCUT2D eigenvalue weighted by Gasteiger charge is 2.04. The topological polar surface area (TPSA) is 66.9 Å². The van der Waals surface area contributed by atoms with Crippen LogP contribution < -0.4 is 5.73 Å². The first-order chi connectivity index (χ1) is 5.02. The number of para-hydroxylation sites is 1. The van der Waals surface area contributed by atoms with Gasteiger partial charge in [0.1, 0.15) is 0 Å². The molecule has 0 spiro atoms. The third-order valence-corrected chi connectivity index (χ3v) is 2.55. The molecule has 60 valence electrons. The van der Waals surface area contributed by atoms with Crippen LogP contribution in [0.1, 0.15) is 0 Å². The van der Waals surface area contributed by atoms with Crippen LogP contribution in [-0.4, -0.2) is 10.5 Å². The molecule has 0 amide bonds. The zero-order valence-electron chi connectivity index (χ0n) is 6.20. The van der Waals surface area contributed by atoms with Gasteiger partial charge in [0, 0.05) is 11.9 Å². The van der Waals surface area contributed by atoms with Gasteiger partial charge in [-0.05, 0) is 12.1 Å². The molecule has 0 heterocycles. The molecule has 0 saturated heterocycles. The Morgan fingerprint density at radius 3 is 2.36 bits per heavy atom. The number of rotatable bonds is 1. The van der Waals surface area contributed by atoms with Crippen molar-refractivity contribution in [3.63, 3.8) is 0 Å². The van der Waals surface area contributed by atoms with Crippen LogP contribution in [0.2, 0.25) is 0 Å². The summed E-state index contributed by atoms with van der Waals surface area (Å²) in [5.41, 5.74) is 5.93. The Bertz CT molecular complexity index is 356. The first-order valence-electron chi connectivity index (χ1n) is 3.10. The maximum absolute atomic E-state index is 11.2. The van der Waals surface area contributed by atoms with Crippen LogP contribution in [0.5, 0.6) is 0 Å². The van der Waals surface area contributed by atoms with E-state index in [2.05, 4.69) is 0 Å². The van der Waals surface area contributed by atoms with Crippen LogP contribution in [0.25, 0.3) is 0 Å². The summed E-state index contributed by atoms with van der Waals surface area (Å²) in [6, 6.07) is 6.74. The number of nitrogens with two attached hydrogens (primary N) is 1. The maximum Gasteiger partial charge on any atom is 0.0717 e. The second kappa shape index (κ2) is 2.54. The normalized spacial score (nSPS) is 15.7. The van der Waals surface area contributed by atoms with Gasteiger partial charge in [-0.3, -0.25) is 0 Å². The van der Waals surface area contributed by atoms with Gasteiger partial charge in [-0.1, -0.05) is 12.1 Å². The lowest BCUT2D eigenvalue weighted by Crippen LogP contribution is -1.99. The molecule has 1 rings (SSSR count). The first-order valence-corrected chi connectivity index (χ1v) is 5.07. The number of benzene rings is 1. The lowest BCUT2D eigenvalue weighted by molar-refractivity contribution is 0.679. The lowest BCUT2D eigenvalue weighted by atomic mass is 10.3. The first kappa shape index (κ1) is 8.07. The van der Waals surface area contributed by atoms with E-state index in [1.54, 1.807) is 24.3 Å². The highest BCUT2D eigenvalue weighted by Crippen LogP contribution is 2.16. The summed E-state index contributed by atoms with van der Waals surface area (Å²) in [4.78, 5) is 0.417. The molecular formula is C7H10N2OS. The average Bonchev–Trinajstić information content (AvgIpc) is 1.86. The van der Waals surface area contributed by atoms with Crippen LogP contribution in [0, 0.1) is 4.78 Å². The fourth-order valence-electron chi connectivity index (χ4n) is 0.835. The Hall–Kier alpha value is -1.03. The Labute approximate surface area is 66.2 Å². The molecular weight excluding hydrogens is 160 g/mol. The molecule has 1 aromatic rings. The van der Waals surface area contributed by atoms with Crippen molar-refractivity contribution in [2.75, 3.05) is 12.0 Å². The molecule has 0 fully saturated rings. The highest BCUT2D eigenvalue weighted by molar-refractivity contribution is 7.91. The SMILES string of the molecule is C[S@@](=N)(=O)c1ccccc1N. The highest BCUT2D eigenvalue weighted by atomic mass is 32.2. The minimum absolute atomic E-state index is 0.417. The standard InChI is InChI=1S/C7H10N2OS/c1-11(9,10)7-5-3-2-4-6(7)8/h2-5,9H,8H2,1H3/t11-/m1/s1. The van der Waals surface area contributed by atoms with E-state index in [-0.39, 0.29) is 0 Å². The molecule has 0 aliphatic rings. The van der Waals surface area contributed by atoms with Gasteiger partial charge in [-0.25, -0.2) is 8.99 Å². The summed E-state index contributed by atoms with van der Waals surface area (Å²) in [5, 5.41) is 0. The fraction of sp³-hybridized carbons (Fsp3) is 0.143. The molecule has 11 heavy (non-hydrogen) atoms. The number of anilines is 1. The second-order valence-electron chi connectivity index (χ2n) is 2.38. The van der Waals surface area contributed by atoms with Crippen LogP contribution >= 0.6 is 0 Å². The molecule has 0 aliphatic carbocycles. The summed E-state index contributed by atoms with van der Waals surface area (Å²) < 4.78 is 18.5. The number of hydrogen-bond acceptors (Lipinski definition) is 3. The van der Waals surface area contributed by atoms with Gasteiger partial charge in [0.05, 0.1) is 14.6 Å². The van der Waals surface area contributed by atoms with E-state index in [0.717, 1.165) is 0 Å². The van der Waals surface area contributed by atoms with Crippen LogP contribution in [0.15, 0.2) is 29.2 Å². The van der Waals surface area contributed by atoms with Crippen LogP contribution in [-0.2, 0) is 9.73 Å². The van der Waals surface area contributed by atoms with Crippen LogP contribution in [0.4, 0.5) is 5.69 Å². The lowest BCUT2D eigenvalue weighted by Gasteiger charge is -2.03. The number of hydrogen-bond donors (Lipinski definition) is 2. The molecule has 1 aromatic carbocycles. The van der Waals surface area contributed by atoms with Crippen molar-refractivity contribution in [3.05, 3.63) is 24.3 Å². The second-order valence-corrected chi connectivity index (χ2v) is 4.51. The number of nitrogens with one attached hydrogen (secondary N) is 1. The molecule has 0 unspecified atom stereocenters. The fourth-order valence-corrected chi connectivity index (χ4v) is 1.69. The van der Waals surface area contributed by atoms with Crippen molar-refractivity contribution in [1.82, 2.24) is 0 Å². The summed E-state index contributed by atoms with van der Waals surface area (Å²) in [6.07, 6.45) is 1.36. The Balaban J connectivity index is 3.37. The predicted octanol–water partition coefficient (Wildman–Crippen LogP) is 1.30. The molecule has 0 saturated carbocycles. The monoisotopic (exact) mass is 170 g/mol. The molecule has 0 radical (unpaired) electrons. The Morgan fingerprint density at radius 1 is 1.45 bits per heavy atom. The third kappa shape index (κ3) is 1.71. The summed E-state index contributed by atoms with van der Waals surface area (Å²) in [6.45, 7) is 0. The summed E-state index contributed by atoms with van der Waals surface area (Å²) in [7, 11) is -2.66. The van der Waals surface area contributed by atoms with Gasteiger partial charge in [0.2, 0.25) is 0 Å².